The van der Waals surface area contributed by atoms with Gasteiger partial charge >= 0.3 is 5.97 Å². The minimum atomic E-state index is -0.750. The highest BCUT2D eigenvalue weighted by Crippen LogP contribution is 2.23. The van der Waals surface area contributed by atoms with Crippen molar-refractivity contribution < 1.29 is 9.90 Å². The molecule has 0 saturated carbocycles. The van der Waals surface area contributed by atoms with Crippen molar-refractivity contribution in [2.45, 2.75) is 26.7 Å². The van der Waals surface area contributed by atoms with E-state index in [4.69, 9.17) is 5.11 Å². The van der Waals surface area contributed by atoms with Crippen molar-refractivity contribution in [3.8, 4) is 11.1 Å². The Bertz CT molecular complexity index is 583. The summed E-state index contributed by atoms with van der Waals surface area (Å²) < 4.78 is 0. The molecule has 2 aromatic rings. The minimum absolute atomic E-state index is 0.179. The molecule has 0 heterocycles. The zero-order valence-corrected chi connectivity index (χ0v) is 11.3. The fraction of sp³-hybridized carbons (Fsp3) is 0.235. The number of aryl methyl sites for hydroxylation is 3. The van der Waals surface area contributed by atoms with Crippen LogP contribution in [0.2, 0.25) is 0 Å². The first-order chi connectivity index (χ1) is 9.06. The number of benzene rings is 2. The quantitative estimate of drug-likeness (QED) is 0.895. The van der Waals surface area contributed by atoms with Crippen LogP contribution in [0.3, 0.4) is 0 Å². The van der Waals surface area contributed by atoms with Crippen molar-refractivity contribution in [1.82, 2.24) is 0 Å². The predicted octanol–water partition coefficient (Wildman–Crippen LogP) is 3.99. The van der Waals surface area contributed by atoms with Gasteiger partial charge in [0.2, 0.25) is 0 Å². The normalized spacial score (nSPS) is 10.4. The van der Waals surface area contributed by atoms with Gasteiger partial charge in [0, 0.05) is 6.42 Å². The van der Waals surface area contributed by atoms with Gasteiger partial charge in [0.15, 0.2) is 0 Å². The summed E-state index contributed by atoms with van der Waals surface area (Å²) in [5.74, 6) is -0.750. The zero-order chi connectivity index (χ0) is 13.8. The summed E-state index contributed by atoms with van der Waals surface area (Å²) in [6.07, 6.45) is 0.763. The maximum absolute atomic E-state index is 10.7. The first kappa shape index (κ1) is 13.3. The third-order valence-corrected chi connectivity index (χ3v) is 3.34. The largest absolute Gasteiger partial charge is 0.481 e. The molecule has 0 saturated heterocycles. The van der Waals surface area contributed by atoms with Gasteiger partial charge in [0.25, 0.3) is 0 Å². The van der Waals surface area contributed by atoms with Crippen LogP contribution >= 0.6 is 0 Å². The van der Waals surface area contributed by atoms with Crippen molar-refractivity contribution in [2.75, 3.05) is 0 Å². The van der Waals surface area contributed by atoms with Crippen LogP contribution in [-0.4, -0.2) is 11.1 Å². The number of hydrogen-bond donors (Lipinski definition) is 1. The highest BCUT2D eigenvalue weighted by atomic mass is 16.4. The Morgan fingerprint density at radius 1 is 1.00 bits per heavy atom. The molecule has 1 N–H and O–H groups in total. The lowest BCUT2D eigenvalue weighted by Crippen LogP contribution is -1.99. The maximum Gasteiger partial charge on any atom is 0.303 e. The van der Waals surface area contributed by atoms with Gasteiger partial charge in [-0.05, 0) is 42.5 Å². The Kier molecular flexibility index (Phi) is 4.00. The smallest absolute Gasteiger partial charge is 0.303 e. The molecular formula is C17H18O2. The van der Waals surface area contributed by atoms with Crippen LogP contribution in [0.15, 0.2) is 42.5 Å². The van der Waals surface area contributed by atoms with E-state index >= 15 is 0 Å². The summed E-state index contributed by atoms with van der Waals surface area (Å²) in [4.78, 5) is 10.7. The first-order valence-electron chi connectivity index (χ1n) is 6.44. The van der Waals surface area contributed by atoms with Gasteiger partial charge in [-0.25, -0.2) is 0 Å². The molecule has 0 unspecified atom stereocenters. The van der Waals surface area contributed by atoms with Crippen molar-refractivity contribution in [2.24, 2.45) is 0 Å². The number of carboxylic acid groups (broad SMARTS) is 1. The molecule has 0 aliphatic carbocycles. The molecule has 0 aliphatic heterocycles. The van der Waals surface area contributed by atoms with Crippen LogP contribution < -0.4 is 0 Å². The molecule has 0 amide bonds. The van der Waals surface area contributed by atoms with Crippen molar-refractivity contribution in [1.29, 1.82) is 0 Å². The molecule has 0 bridgehead atoms. The number of carboxylic acids is 1. The lowest BCUT2D eigenvalue weighted by molar-refractivity contribution is -0.136. The topological polar surface area (TPSA) is 37.3 Å². The van der Waals surface area contributed by atoms with Gasteiger partial charge in [0.1, 0.15) is 0 Å². The van der Waals surface area contributed by atoms with E-state index < -0.39 is 5.97 Å². The van der Waals surface area contributed by atoms with E-state index in [2.05, 4.69) is 49.4 Å². The molecule has 2 nitrogen and oxygen atoms in total. The SMILES string of the molecule is Cc1ccc(-c2ccc(C)c(CCC(=O)O)c2)cc1. The average molecular weight is 254 g/mol. The van der Waals surface area contributed by atoms with E-state index in [0.29, 0.717) is 6.42 Å². The van der Waals surface area contributed by atoms with Crippen molar-refractivity contribution in [3.05, 3.63) is 59.2 Å². The van der Waals surface area contributed by atoms with Crippen LogP contribution in [0.1, 0.15) is 23.1 Å². The number of carbonyl (C=O) groups is 1. The van der Waals surface area contributed by atoms with Crippen LogP contribution in [-0.2, 0) is 11.2 Å². The molecular weight excluding hydrogens is 236 g/mol. The average Bonchev–Trinajstić information content (AvgIpc) is 2.39. The van der Waals surface area contributed by atoms with Gasteiger partial charge in [-0.15, -0.1) is 0 Å². The monoisotopic (exact) mass is 254 g/mol. The fourth-order valence-electron chi connectivity index (χ4n) is 2.11. The summed E-state index contributed by atoms with van der Waals surface area (Å²) in [6.45, 7) is 4.09. The summed E-state index contributed by atoms with van der Waals surface area (Å²) in [5, 5.41) is 8.78. The van der Waals surface area contributed by atoms with Crippen LogP contribution in [0, 0.1) is 13.8 Å². The van der Waals surface area contributed by atoms with Gasteiger partial charge in [0.05, 0.1) is 0 Å². The molecule has 2 rings (SSSR count). The molecule has 0 spiro atoms. The Morgan fingerprint density at radius 2 is 1.63 bits per heavy atom. The summed E-state index contributed by atoms with van der Waals surface area (Å²) >= 11 is 0. The molecule has 2 aromatic carbocycles. The second-order valence-electron chi connectivity index (χ2n) is 4.90. The number of aliphatic carboxylic acids is 1. The Hall–Kier alpha value is -2.09. The standard InChI is InChI=1S/C17H18O2/c1-12-3-6-14(7-4-12)16-8-5-13(2)15(11-16)9-10-17(18)19/h3-8,11H,9-10H2,1-2H3,(H,18,19). The highest BCUT2D eigenvalue weighted by molar-refractivity contribution is 5.68. The summed E-state index contributed by atoms with van der Waals surface area (Å²) in [7, 11) is 0. The fourth-order valence-corrected chi connectivity index (χ4v) is 2.11. The Labute approximate surface area is 113 Å². The molecule has 0 aliphatic rings. The lowest BCUT2D eigenvalue weighted by Gasteiger charge is -2.08. The second-order valence-corrected chi connectivity index (χ2v) is 4.90. The Morgan fingerprint density at radius 3 is 2.26 bits per heavy atom. The Balaban J connectivity index is 2.29. The van der Waals surface area contributed by atoms with E-state index in [1.54, 1.807) is 0 Å². The van der Waals surface area contributed by atoms with Gasteiger partial charge in [-0.2, -0.15) is 0 Å². The van der Waals surface area contributed by atoms with Gasteiger partial charge in [-0.1, -0.05) is 48.0 Å². The maximum atomic E-state index is 10.7. The molecule has 0 aromatic heterocycles. The lowest BCUT2D eigenvalue weighted by atomic mass is 9.97. The van der Waals surface area contributed by atoms with Crippen molar-refractivity contribution in [3.63, 3.8) is 0 Å². The van der Waals surface area contributed by atoms with E-state index in [0.717, 1.165) is 16.7 Å². The third-order valence-electron chi connectivity index (χ3n) is 3.34. The first-order valence-corrected chi connectivity index (χ1v) is 6.44. The van der Waals surface area contributed by atoms with Crippen LogP contribution in [0.5, 0.6) is 0 Å². The number of hydrogen-bond acceptors (Lipinski definition) is 1. The third kappa shape index (κ3) is 3.44. The molecule has 0 atom stereocenters. The van der Waals surface area contributed by atoms with E-state index in [1.807, 2.05) is 6.92 Å². The zero-order valence-electron chi connectivity index (χ0n) is 11.3. The van der Waals surface area contributed by atoms with E-state index in [1.165, 1.54) is 11.1 Å². The van der Waals surface area contributed by atoms with Crippen LogP contribution in [0.25, 0.3) is 11.1 Å². The minimum Gasteiger partial charge on any atom is -0.481 e. The van der Waals surface area contributed by atoms with E-state index in [-0.39, 0.29) is 6.42 Å². The predicted molar refractivity (Wildman–Crippen MR) is 77.3 cm³/mol. The van der Waals surface area contributed by atoms with Crippen LogP contribution in [0.4, 0.5) is 0 Å². The summed E-state index contributed by atoms with van der Waals surface area (Å²) in [5.41, 5.74) is 5.81. The molecule has 2 heteroatoms. The molecule has 0 radical (unpaired) electrons. The highest BCUT2D eigenvalue weighted by Gasteiger charge is 2.05. The second kappa shape index (κ2) is 5.70. The van der Waals surface area contributed by atoms with E-state index in [9.17, 15) is 4.79 Å². The summed E-state index contributed by atoms with van der Waals surface area (Å²) in [6, 6.07) is 14.6. The molecule has 0 fully saturated rings. The van der Waals surface area contributed by atoms with Gasteiger partial charge < -0.3 is 5.11 Å². The van der Waals surface area contributed by atoms with Crippen molar-refractivity contribution >= 4 is 5.97 Å². The molecule has 19 heavy (non-hydrogen) atoms. The molecule has 98 valence electrons. The van der Waals surface area contributed by atoms with Gasteiger partial charge in [-0.3, -0.25) is 4.79 Å². The number of rotatable bonds is 4.